The summed E-state index contributed by atoms with van der Waals surface area (Å²) in [5.41, 5.74) is 7.99. The molecule has 0 amide bonds. The maximum Gasteiger partial charge on any atom is -0.0150 e. The SMILES string of the molecule is C=C(c1ccc(C)c(C)c1)C(C)Cc1ccc(CC)cc1. The van der Waals surface area contributed by atoms with Gasteiger partial charge in [-0.25, -0.2) is 0 Å². The Morgan fingerprint density at radius 2 is 1.57 bits per heavy atom. The second-order valence-corrected chi connectivity index (χ2v) is 6.10. The van der Waals surface area contributed by atoms with E-state index >= 15 is 0 Å². The van der Waals surface area contributed by atoms with E-state index in [4.69, 9.17) is 0 Å². The molecule has 0 N–H and O–H groups in total. The summed E-state index contributed by atoms with van der Waals surface area (Å²) in [6, 6.07) is 15.6. The third-order valence-corrected chi connectivity index (χ3v) is 4.45. The highest BCUT2D eigenvalue weighted by Crippen LogP contribution is 2.26. The first kappa shape index (κ1) is 15.6. The van der Waals surface area contributed by atoms with Gasteiger partial charge < -0.3 is 0 Å². The van der Waals surface area contributed by atoms with E-state index in [1.54, 1.807) is 0 Å². The molecule has 0 heterocycles. The lowest BCUT2D eigenvalue weighted by atomic mass is 9.88. The first-order valence-electron chi connectivity index (χ1n) is 7.85. The van der Waals surface area contributed by atoms with E-state index in [-0.39, 0.29) is 0 Å². The smallest absolute Gasteiger partial charge is 0.0150 e. The standard InChI is InChI=1S/C21H26/c1-6-19-8-10-20(11-9-19)13-17(4)18(5)21-12-7-15(2)16(3)14-21/h7-12,14,17H,5-6,13H2,1-4H3. The molecule has 2 aromatic rings. The van der Waals surface area contributed by atoms with E-state index in [2.05, 4.69) is 76.7 Å². The number of hydrogen-bond acceptors (Lipinski definition) is 0. The van der Waals surface area contributed by atoms with Gasteiger partial charge >= 0.3 is 0 Å². The van der Waals surface area contributed by atoms with Gasteiger partial charge in [-0.3, -0.25) is 0 Å². The van der Waals surface area contributed by atoms with E-state index in [0.717, 1.165) is 12.8 Å². The number of benzene rings is 2. The quantitative estimate of drug-likeness (QED) is 0.652. The maximum atomic E-state index is 4.33. The summed E-state index contributed by atoms with van der Waals surface area (Å²) in [4.78, 5) is 0. The molecule has 0 radical (unpaired) electrons. The highest BCUT2D eigenvalue weighted by atomic mass is 14.2. The van der Waals surface area contributed by atoms with Crippen LogP contribution in [0, 0.1) is 19.8 Å². The fraction of sp³-hybridized carbons (Fsp3) is 0.333. The average Bonchev–Trinajstić information content (AvgIpc) is 2.50. The molecule has 1 unspecified atom stereocenters. The first-order valence-corrected chi connectivity index (χ1v) is 7.85. The highest BCUT2D eigenvalue weighted by molar-refractivity contribution is 5.66. The maximum absolute atomic E-state index is 4.33. The van der Waals surface area contributed by atoms with Gasteiger partial charge in [-0.1, -0.05) is 62.9 Å². The van der Waals surface area contributed by atoms with Gasteiger partial charge in [0.25, 0.3) is 0 Å². The predicted molar refractivity (Wildman–Crippen MR) is 93.6 cm³/mol. The Bertz CT molecular complexity index is 617. The number of rotatable bonds is 5. The Morgan fingerprint density at radius 1 is 0.952 bits per heavy atom. The van der Waals surface area contributed by atoms with Crippen molar-refractivity contribution in [3.05, 3.63) is 76.9 Å². The Kier molecular flexibility index (Phi) is 5.01. The number of allylic oxidation sites excluding steroid dienone is 1. The zero-order valence-electron chi connectivity index (χ0n) is 13.7. The van der Waals surface area contributed by atoms with Gasteiger partial charge in [-0.05, 0) is 66.0 Å². The molecule has 0 aromatic heterocycles. The predicted octanol–water partition coefficient (Wildman–Crippen LogP) is 5.76. The topological polar surface area (TPSA) is 0 Å². The zero-order chi connectivity index (χ0) is 15.4. The van der Waals surface area contributed by atoms with Crippen LogP contribution in [0.2, 0.25) is 0 Å². The van der Waals surface area contributed by atoms with Crippen LogP contribution in [0.3, 0.4) is 0 Å². The lowest BCUT2D eigenvalue weighted by molar-refractivity contribution is 0.745. The van der Waals surface area contributed by atoms with Crippen LogP contribution in [0.25, 0.3) is 5.57 Å². The molecular weight excluding hydrogens is 252 g/mol. The summed E-state index contributed by atoms with van der Waals surface area (Å²) >= 11 is 0. The third kappa shape index (κ3) is 3.85. The summed E-state index contributed by atoms with van der Waals surface area (Å²) in [5.74, 6) is 0.458. The lowest BCUT2D eigenvalue weighted by Crippen LogP contribution is -2.03. The van der Waals surface area contributed by atoms with E-state index in [1.165, 1.54) is 33.4 Å². The van der Waals surface area contributed by atoms with Gasteiger partial charge in [-0.2, -0.15) is 0 Å². The Morgan fingerprint density at radius 3 is 2.14 bits per heavy atom. The van der Waals surface area contributed by atoms with E-state index in [1.807, 2.05) is 0 Å². The van der Waals surface area contributed by atoms with Crippen LogP contribution in [0.15, 0.2) is 49.0 Å². The van der Waals surface area contributed by atoms with Crippen molar-refractivity contribution in [2.75, 3.05) is 0 Å². The van der Waals surface area contributed by atoms with Crippen LogP contribution in [-0.4, -0.2) is 0 Å². The molecule has 0 aliphatic heterocycles. The van der Waals surface area contributed by atoms with Gasteiger partial charge in [0, 0.05) is 0 Å². The van der Waals surface area contributed by atoms with E-state index < -0.39 is 0 Å². The van der Waals surface area contributed by atoms with Crippen LogP contribution >= 0.6 is 0 Å². The van der Waals surface area contributed by atoms with Crippen molar-refractivity contribution in [2.24, 2.45) is 5.92 Å². The van der Waals surface area contributed by atoms with Gasteiger partial charge in [0.15, 0.2) is 0 Å². The van der Waals surface area contributed by atoms with Gasteiger partial charge in [0.2, 0.25) is 0 Å². The molecule has 0 nitrogen and oxygen atoms in total. The molecule has 0 heteroatoms. The monoisotopic (exact) mass is 278 g/mol. The summed E-state index contributed by atoms with van der Waals surface area (Å²) in [6.45, 7) is 13.1. The molecule has 110 valence electrons. The molecule has 0 saturated heterocycles. The van der Waals surface area contributed by atoms with Crippen molar-refractivity contribution in [1.29, 1.82) is 0 Å². The highest BCUT2D eigenvalue weighted by Gasteiger charge is 2.10. The molecule has 21 heavy (non-hydrogen) atoms. The van der Waals surface area contributed by atoms with Crippen LogP contribution in [-0.2, 0) is 12.8 Å². The van der Waals surface area contributed by atoms with Gasteiger partial charge in [-0.15, -0.1) is 0 Å². The minimum Gasteiger partial charge on any atom is -0.0949 e. The zero-order valence-corrected chi connectivity index (χ0v) is 13.7. The minimum atomic E-state index is 0.458. The van der Waals surface area contributed by atoms with Crippen molar-refractivity contribution in [2.45, 2.75) is 40.5 Å². The Balaban J connectivity index is 2.09. The molecule has 0 saturated carbocycles. The molecule has 0 aliphatic rings. The Hall–Kier alpha value is -1.82. The van der Waals surface area contributed by atoms with Gasteiger partial charge in [0.05, 0.1) is 0 Å². The minimum absolute atomic E-state index is 0.458. The summed E-state index contributed by atoms with van der Waals surface area (Å²) < 4.78 is 0. The Labute approximate surface area is 129 Å². The molecule has 0 aliphatic carbocycles. The molecule has 1 atom stereocenters. The first-order chi connectivity index (χ1) is 10.0. The van der Waals surface area contributed by atoms with Crippen LogP contribution in [0.1, 0.15) is 41.7 Å². The van der Waals surface area contributed by atoms with Gasteiger partial charge in [0.1, 0.15) is 0 Å². The van der Waals surface area contributed by atoms with Crippen LogP contribution in [0.4, 0.5) is 0 Å². The molecule has 0 spiro atoms. The van der Waals surface area contributed by atoms with Crippen molar-refractivity contribution in [1.82, 2.24) is 0 Å². The lowest BCUT2D eigenvalue weighted by Gasteiger charge is -2.16. The van der Waals surface area contributed by atoms with Crippen LogP contribution < -0.4 is 0 Å². The number of hydrogen-bond donors (Lipinski definition) is 0. The summed E-state index contributed by atoms with van der Waals surface area (Å²) in [5, 5.41) is 0. The molecule has 0 bridgehead atoms. The van der Waals surface area contributed by atoms with Crippen LogP contribution in [0.5, 0.6) is 0 Å². The van der Waals surface area contributed by atoms with Crippen molar-refractivity contribution in [3.8, 4) is 0 Å². The largest absolute Gasteiger partial charge is 0.0949 e. The second kappa shape index (κ2) is 6.76. The average molecular weight is 278 g/mol. The normalized spacial score (nSPS) is 12.2. The van der Waals surface area contributed by atoms with E-state index in [0.29, 0.717) is 5.92 Å². The van der Waals surface area contributed by atoms with Crippen molar-refractivity contribution >= 4 is 5.57 Å². The fourth-order valence-corrected chi connectivity index (χ4v) is 2.61. The molecule has 2 rings (SSSR count). The summed E-state index contributed by atoms with van der Waals surface area (Å²) in [6.07, 6.45) is 2.15. The summed E-state index contributed by atoms with van der Waals surface area (Å²) in [7, 11) is 0. The fourth-order valence-electron chi connectivity index (χ4n) is 2.61. The number of aryl methyl sites for hydroxylation is 3. The third-order valence-electron chi connectivity index (χ3n) is 4.45. The van der Waals surface area contributed by atoms with Crippen molar-refractivity contribution < 1.29 is 0 Å². The molecule has 2 aromatic carbocycles. The van der Waals surface area contributed by atoms with Crippen molar-refractivity contribution in [3.63, 3.8) is 0 Å². The second-order valence-electron chi connectivity index (χ2n) is 6.10. The van der Waals surface area contributed by atoms with E-state index in [9.17, 15) is 0 Å². The molecular formula is C21H26. The molecule has 0 fully saturated rings.